The number of rotatable bonds is 7. The highest BCUT2D eigenvalue weighted by Crippen LogP contribution is 2.35. The second-order valence-electron chi connectivity index (χ2n) is 6.10. The molecule has 4 nitrogen and oxygen atoms in total. The number of hydrogen-bond donors (Lipinski definition) is 2. The fourth-order valence-corrected chi connectivity index (χ4v) is 4.20. The summed E-state index contributed by atoms with van der Waals surface area (Å²) in [6.45, 7) is 1.14. The molecule has 1 saturated heterocycles. The largest absolute Gasteiger partial charge is 0.387 e. The molecule has 2 aromatic carbocycles. The predicted molar refractivity (Wildman–Crippen MR) is 105 cm³/mol. The monoisotopic (exact) mass is 414 g/mol. The highest BCUT2D eigenvalue weighted by Gasteiger charge is 2.43. The van der Waals surface area contributed by atoms with Crippen molar-refractivity contribution in [2.45, 2.75) is 36.1 Å². The molecule has 7 heteroatoms. The van der Waals surface area contributed by atoms with E-state index >= 15 is 0 Å². The van der Waals surface area contributed by atoms with Crippen LogP contribution in [-0.4, -0.2) is 39.7 Å². The molecule has 4 atom stereocenters. The SMILES string of the molecule is OC1S[C@H](COCc2ccc(Cl)cc2)[C@@H](OCc2ccc(Cl)cc2)[C@@H]1O. The van der Waals surface area contributed by atoms with Gasteiger partial charge in [0.15, 0.2) is 0 Å². The van der Waals surface area contributed by atoms with E-state index in [-0.39, 0.29) is 5.25 Å². The number of ether oxygens (including phenoxy) is 2. The van der Waals surface area contributed by atoms with E-state index in [0.717, 1.165) is 11.1 Å². The van der Waals surface area contributed by atoms with Gasteiger partial charge in [0.05, 0.1) is 25.1 Å². The number of benzene rings is 2. The van der Waals surface area contributed by atoms with E-state index in [4.69, 9.17) is 32.7 Å². The van der Waals surface area contributed by atoms with Crippen LogP contribution in [0.1, 0.15) is 11.1 Å². The van der Waals surface area contributed by atoms with Crippen molar-refractivity contribution in [3.8, 4) is 0 Å². The third-order valence-electron chi connectivity index (χ3n) is 4.13. The van der Waals surface area contributed by atoms with Crippen molar-refractivity contribution in [3.63, 3.8) is 0 Å². The maximum Gasteiger partial charge on any atom is 0.128 e. The summed E-state index contributed by atoms with van der Waals surface area (Å²) >= 11 is 13.0. The Hall–Kier alpha value is -0.790. The van der Waals surface area contributed by atoms with Crippen molar-refractivity contribution in [2.24, 2.45) is 0 Å². The molecule has 0 aromatic heterocycles. The number of aliphatic hydroxyl groups is 2. The van der Waals surface area contributed by atoms with Crippen LogP contribution in [0.3, 0.4) is 0 Å². The van der Waals surface area contributed by atoms with E-state index in [1.807, 2.05) is 36.4 Å². The number of aliphatic hydroxyl groups excluding tert-OH is 2. The van der Waals surface area contributed by atoms with Gasteiger partial charge in [0.1, 0.15) is 17.6 Å². The van der Waals surface area contributed by atoms with Crippen molar-refractivity contribution >= 4 is 35.0 Å². The molecule has 1 unspecified atom stereocenters. The molecule has 0 aliphatic carbocycles. The number of hydrogen-bond acceptors (Lipinski definition) is 5. The van der Waals surface area contributed by atoms with E-state index in [1.165, 1.54) is 11.8 Å². The van der Waals surface area contributed by atoms with Crippen LogP contribution in [-0.2, 0) is 22.7 Å². The Labute approximate surface area is 167 Å². The first kappa shape index (κ1) is 20.0. The lowest BCUT2D eigenvalue weighted by atomic mass is 10.1. The predicted octanol–water partition coefficient (Wildman–Crippen LogP) is 3.89. The molecule has 0 bridgehead atoms. The van der Waals surface area contributed by atoms with Crippen molar-refractivity contribution < 1.29 is 19.7 Å². The average Bonchev–Trinajstić information content (AvgIpc) is 2.90. The first-order valence-corrected chi connectivity index (χ1v) is 9.92. The summed E-state index contributed by atoms with van der Waals surface area (Å²) in [5.74, 6) is 0. The molecule has 26 heavy (non-hydrogen) atoms. The average molecular weight is 415 g/mol. The Morgan fingerprint density at radius 1 is 0.846 bits per heavy atom. The van der Waals surface area contributed by atoms with E-state index < -0.39 is 17.6 Å². The zero-order valence-electron chi connectivity index (χ0n) is 13.9. The lowest BCUT2D eigenvalue weighted by Crippen LogP contribution is -2.36. The minimum absolute atomic E-state index is 0.153. The maximum absolute atomic E-state index is 10.2. The zero-order chi connectivity index (χ0) is 18.5. The highest BCUT2D eigenvalue weighted by atomic mass is 35.5. The van der Waals surface area contributed by atoms with Crippen LogP contribution in [0.4, 0.5) is 0 Å². The van der Waals surface area contributed by atoms with Gasteiger partial charge in [0.25, 0.3) is 0 Å². The van der Waals surface area contributed by atoms with Crippen LogP contribution in [0.25, 0.3) is 0 Å². The number of thioether (sulfide) groups is 1. The van der Waals surface area contributed by atoms with Gasteiger partial charge in [-0.05, 0) is 35.4 Å². The van der Waals surface area contributed by atoms with Crippen molar-refractivity contribution in [2.75, 3.05) is 6.61 Å². The van der Waals surface area contributed by atoms with Gasteiger partial charge in [-0.2, -0.15) is 0 Å². The Bertz CT molecular complexity index is 696. The Balaban J connectivity index is 1.52. The summed E-state index contributed by atoms with van der Waals surface area (Å²) in [5, 5.41) is 21.4. The topological polar surface area (TPSA) is 58.9 Å². The lowest BCUT2D eigenvalue weighted by molar-refractivity contribution is -0.0703. The maximum atomic E-state index is 10.2. The van der Waals surface area contributed by atoms with Crippen molar-refractivity contribution in [3.05, 3.63) is 69.7 Å². The third-order valence-corrected chi connectivity index (χ3v) is 5.94. The van der Waals surface area contributed by atoms with E-state index in [2.05, 4.69) is 0 Å². The van der Waals surface area contributed by atoms with E-state index in [9.17, 15) is 10.2 Å². The molecule has 0 spiro atoms. The fraction of sp³-hybridized carbons (Fsp3) is 0.368. The normalized spacial score (nSPS) is 25.5. The zero-order valence-corrected chi connectivity index (χ0v) is 16.3. The summed E-state index contributed by atoms with van der Waals surface area (Å²) in [5.41, 5.74) is 1.08. The van der Waals surface area contributed by atoms with Crippen LogP contribution in [0.2, 0.25) is 10.0 Å². The first-order chi connectivity index (χ1) is 12.5. The van der Waals surface area contributed by atoms with Gasteiger partial charge >= 0.3 is 0 Å². The van der Waals surface area contributed by atoms with Crippen LogP contribution in [0.15, 0.2) is 48.5 Å². The lowest BCUT2D eigenvalue weighted by Gasteiger charge is -2.21. The molecule has 0 saturated carbocycles. The molecule has 0 radical (unpaired) electrons. The Kier molecular flexibility index (Phi) is 7.23. The summed E-state index contributed by atoms with van der Waals surface area (Å²) in [7, 11) is 0. The van der Waals surface area contributed by atoms with Crippen LogP contribution in [0, 0.1) is 0 Å². The second kappa shape index (κ2) is 9.42. The minimum Gasteiger partial charge on any atom is -0.387 e. The molecule has 2 aromatic rings. The summed E-state index contributed by atoms with van der Waals surface area (Å²) in [4.78, 5) is 0. The molecule has 1 aliphatic heterocycles. The summed E-state index contributed by atoms with van der Waals surface area (Å²) in [6, 6.07) is 14.8. The molecule has 1 aliphatic rings. The molecule has 140 valence electrons. The molecule has 0 amide bonds. The van der Waals surface area contributed by atoms with Gasteiger partial charge in [-0.1, -0.05) is 47.5 Å². The first-order valence-electron chi connectivity index (χ1n) is 8.23. The van der Waals surface area contributed by atoms with Crippen molar-refractivity contribution in [1.29, 1.82) is 0 Å². The van der Waals surface area contributed by atoms with Crippen LogP contribution >= 0.6 is 35.0 Å². The van der Waals surface area contributed by atoms with Gasteiger partial charge < -0.3 is 19.7 Å². The smallest absolute Gasteiger partial charge is 0.128 e. The Morgan fingerprint density at radius 2 is 1.38 bits per heavy atom. The highest BCUT2D eigenvalue weighted by molar-refractivity contribution is 8.00. The molecule has 2 N–H and O–H groups in total. The van der Waals surface area contributed by atoms with Gasteiger partial charge in [-0.3, -0.25) is 0 Å². The number of halogens is 2. The van der Waals surface area contributed by atoms with E-state index in [0.29, 0.717) is 29.9 Å². The molecular formula is C19H20Cl2O4S. The van der Waals surface area contributed by atoms with E-state index in [1.54, 1.807) is 12.1 Å². The summed E-state index contributed by atoms with van der Waals surface area (Å²) in [6.07, 6.45) is -1.45. The Morgan fingerprint density at radius 3 is 1.96 bits per heavy atom. The van der Waals surface area contributed by atoms with Gasteiger partial charge in [0, 0.05) is 10.0 Å². The van der Waals surface area contributed by atoms with Crippen LogP contribution in [0.5, 0.6) is 0 Å². The van der Waals surface area contributed by atoms with Crippen molar-refractivity contribution in [1.82, 2.24) is 0 Å². The minimum atomic E-state index is -0.948. The quantitative estimate of drug-likeness (QED) is 0.719. The second-order valence-corrected chi connectivity index (χ2v) is 8.33. The van der Waals surface area contributed by atoms with Gasteiger partial charge in [0.2, 0.25) is 0 Å². The van der Waals surface area contributed by atoms with Gasteiger partial charge in [-0.15, -0.1) is 11.8 Å². The molecule has 3 rings (SSSR count). The van der Waals surface area contributed by atoms with Gasteiger partial charge in [-0.25, -0.2) is 0 Å². The molecule has 1 fully saturated rings. The standard InChI is InChI=1S/C19H20Cl2O4S/c20-14-5-1-12(2-6-14)9-24-11-16-18(17(22)19(23)26-16)25-10-13-3-7-15(21)8-4-13/h1-8,16-19,22-23H,9-11H2/t16-,17+,18-,19?/m1/s1. The summed E-state index contributed by atoms with van der Waals surface area (Å²) < 4.78 is 11.6. The molecular weight excluding hydrogens is 395 g/mol. The van der Waals surface area contributed by atoms with Crippen LogP contribution < -0.4 is 0 Å². The third kappa shape index (κ3) is 5.36. The molecule has 1 heterocycles. The fourth-order valence-electron chi connectivity index (χ4n) is 2.71.